The van der Waals surface area contributed by atoms with Crippen molar-refractivity contribution in [3.8, 4) is 17.2 Å². The first kappa shape index (κ1) is 16.8. The molecular formula is C19H16N4O4. The number of ether oxygens (including phenoxy) is 1. The molecule has 2 heterocycles. The first-order valence-electron chi connectivity index (χ1n) is 8.42. The number of esters is 1. The normalized spacial score (nSPS) is 11.0. The molecule has 0 bridgehead atoms. The lowest BCUT2D eigenvalue weighted by Gasteiger charge is -2.06. The molecule has 4 rings (SSSR count). The average molecular weight is 364 g/mol. The molecule has 0 saturated heterocycles. The Balaban J connectivity index is 1.54. The standard InChI is InChI=1S/C19H16N4O4/c1-2-22-15-5-3-4-6-16(15)23(19(22)25)11-17(24)27-14-9-7-13(8-10-14)18-21-20-12-26-18/h3-10,12H,2,11H2,1H3. The lowest BCUT2D eigenvalue weighted by atomic mass is 10.2. The van der Waals surface area contributed by atoms with Gasteiger partial charge in [0.2, 0.25) is 12.3 Å². The summed E-state index contributed by atoms with van der Waals surface area (Å²) in [5.74, 6) is 0.226. The van der Waals surface area contributed by atoms with Gasteiger partial charge in [-0.15, -0.1) is 10.2 Å². The summed E-state index contributed by atoms with van der Waals surface area (Å²) < 4.78 is 13.5. The third kappa shape index (κ3) is 3.12. The Bertz CT molecular complexity index is 1140. The average Bonchev–Trinajstić information content (AvgIpc) is 3.30. The third-order valence-corrected chi connectivity index (χ3v) is 4.22. The quantitative estimate of drug-likeness (QED) is 0.399. The van der Waals surface area contributed by atoms with Crippen molar-refractivity contribution in [2.75, 3.05) is 0 Å². The smallest absolute Gasteiger partial charge is 0.331 e. The van der Waals surface area contributed by atoms with E-state index in [4.69, 9.17) is 9.15 Å². The van der Waals surface area contributed by atoms with Crippen molar-refractivity contribution in [3.05, 3.63) is 65.4 Å². The Hall–Kier alpha value is -3.68. The van der Waals surface area contributed by atoms with Crippen LogP contribution in [-0.4, -0.2) is 25.3 Å². The molecule has 0 radical (unpaired) electrons. The Morgan fingerprint density at radius 2 is 1.78 bits per heavy atom. The molecule has 0 saturated carbocycles. The number of carbonyl (C=O) groups is 1. The maximum atomic E-state index is 12.6. The zero-order valence-electron chi connectivity index (χ0n) is 14.5. The van der Waals surface area contributed by atoms with E-state index in [0.717, 1.165) is 11.1 Å². The maximum absolute atomic E-state index is 12.6. The molecule has 0 spiro atoms. The highest BCUT2D eigenvalue weighted by Gasteiger charge is 2.15. The summed E-state index contributed by atoms with van der Waals surface area (Å²) >= 11 is 0. The van der Waals surface area contributed by atoms with Crippen molar-refractivity contribution in [3.63, 3.8) is 0 Å². The summed E-state index contributed by atoms with van der Waals surface area (Å²) in [5, 5.41) is 7.44. The van der Waals surface area contributed by atoms with Crippen LogP contribution in [0.2, 0.25) is 0 Å². The summed E-state index contributed by atoms with van der Waals surface area (Å²) in [4.78, 5) is 24.9. The largest absolute Gasteiger partial charge is 0.425 e. The van der Waals surface area contributed by atoms with Crippen LogP contribution in [0.25, 0.3) is 22.5 Å². The SMILES string of the molecule is CCn1c(=O)n(CC(=O)Oc2ccc(-c3nnco3)cc2)c2ccccc21. The number of benzene rings is 2. The summed E-state index contributed by atoms with van der Waals surface area (Å²) in [6.45, 7) is 2.25. The van der Waals surface area contributed by atoms with Gasteiger partial charge in [0.05, 0.1) is 11.0 Å². The van der Waals surface area contributed by atoms with Crippen LogP contribution in [-0.2, 0) is 17.9 Å². The van der Waals surface area contributed by atoms with Gasteiger partial charge in [-0.1, -0.05) is 12.1 Å². The van der Waals surface area contributed by atoms with Crippen molar-refractivity contribution >= 4 is 17.0 Å². The number of hydrogen-bond donors (Lipinski definition) is 0. The second-order valence-corrected chi connectivity index (χ2v) is 5.84. The van der Waals surface area contributed by atoms with E-state index in [1.165, 1.54) is 11.0 Å². The molecule has 136 valence electrons. The lowest BCUT2D eigenvalue weighted by Crippen LogP contribution is -2.28. The first-order chi connectivity index (χ1) is 13.2. The van der Waals surface area contributed by atoms with Gasteiger partial charge in [0.1, 0.15) is 12.3 Å². The molecule has 8 heteroatoms. The van der Waals surface area contributed by atoms with Gasteiger partial charge in [-0.25, -0.2) is 9.59 Å². The van der Waals surface area contributed by atoms with Gasteiger partial charge in [0.15, 0.2) is 0 Å². The summed E-state index contributed by atoms with van der Waals surface area (Å²) in [6.07, 6.45) is 1.24. The van der Waals surface area contributed by atoms with E-state index in [2.05, 4.69) is 10.2 Å². The lowest BCUT2D eigenvalue weighted by molar-refractivity contribution is -0.135. The fourth-order valence-electron chi connectivity index (χ4n) is 2.99. The minimum absolute atomic E-state index is 0.169. The predicted molar refractivity (Wildman–Crippen MR) is 97.2 cm³/mol. The van der Waals surface area contributed by atoms with E-state index in [1.54, 1.807) is 28.8 Å². The third-order valence-electron chi connectivity index (χ3n) is 4.22. The van der Waals surface area contributed by atoms with Gasteiger partial charge in [-0.05, 0) is 43.3 Å². The Morgan fingerprint density at radius 1 is 1.07 bits per heavy atom. The van der Waals surface area contributed by atoms with Crippen LogP contribution in [0.5, 0.6) is 5.75 Å². The zero-order valence-corrected chi connectivity index (χ0v) is 14.5. The van der Waals surface area contributed by atoms with Gasteiger partial charge in [0.25, 0.3) is 0 Å². The molecule has 0 fully saturated rings. The van der Waals surface area contributed by atoms with E-state index >= 15 is 0 Å². The van der Waals surface area contributed by atoms with Gasteiger partial charge < -0.3 is 9.15 Å². The molecule has 27 heavy (non-hydrogen) atoms. The van der Waals surface area contributed by atoms with Crippen molar-refractivity contribution in [2.24, 2.45) is 0 Å². The first-order valence-corrected chi connectivity index (χ1v) is 8.42. The minimum Gasteiger partial charge on any atom is -0.425 e. The number of para-hydroxylation sites is 2. The number of nitrogens with zero attached hydrogens (tertiary/aromatic N) is 4. The number of aryl methyl sites for hydroxylation is 1. The summed E-state index contributed by atoms with van der Waals surface area (Å²) in [6, 6.07) is 14.1. The number of aromatic nitrogens is 4. The summed E-state index contributed by atoms with van der Waals surface area (Å²) in [7, 11) is 0. The fourth-order valence-corrected chi connectivity index (χ4v) is 2.99. The van der Waals surface area contributed by atoms with Crippen molar-refractivity contribution < 1.29 is 13.9 Å². The van der Waals surface area contributed by atoms with Crippen LogP contribution in [0.3, 0.4) is 0 Å². The van der Waals surface area contributed by atoms with E-state index < -0.39 is 5.97 Å². The Kier molecular flexibility index (Phi) is 4.29. The van der Waals surface area contributed by atoms with Crippen LogP contribution < -0.4 is 10.4 Å². The predicted octanol–water partition coefficient (Wildman–Crippen LogP) is 2.48. The molecule has 0 N–H and O–H groups in total. The topological polar surface area (TPSA) is 92.2 Å². The van der Waals surface area contributed by atoms with Crippen LogP contribution in [0.1, 0.15) is 6.92 Å². The number of rotatable bonds is 5. The Morgan fingerprint density at radius 3 is 2.41 bits per heavy atom. The van der Waals surface area contributed by atoms with Gasteiger partial charge in [0, 0.05) is 12.1 Å². The number of imidazole rings is 1. The van der Waals surface area contributed by atoms with Crippen molar-refractivity contribution in [1.29, 1.82) is 0 Å². The molecule has 0 aliphatic carbocycles. The maximum Gasteiger partial charge on any atom is 0.331 e. The van der Waals surface area contributed by atoms with Gasteiger partial charge in [-0.2, -0.15) is 0 Å². The second kappa shape index (κ2) is 6.91. The monoisotopic (exact) mass is 364 g/mol. The van der Waals surface area contributed by atoms with E-state index in [9.17, 15) is 9.59 Å². The van der Waals surface area contributed by atoms with Crippen molar-refractivity contribution in [1.82, 2.24) is 19.3 Å². The van der Waals surface area contributed by atoms with E-state index in [0.29, 0.717) is 23.7 Å². The van der Waals surface area contributed by atoms with Gasteiger partial charge in [-0.3, -0.25) is 9.13 Å². The number of fused-ring (bicyclic) bond motifs is 1. The molecule has 0 amide bonds. The molecule has 0 atom stereocenters. The van der Waals surface area contributed by atoms with Crippen LogP contribution in [0, 0.1) is 0 Å². The highest BCUT2D eigenvalue weighted by molar-refractivity contribution is 5.79. The molecule has 0 unspecified atom stereocenters. The Labute approximate surface area is 153 Å². The zero-order chi connectivity index (χ0) is 18.8. The molecule has 2 aromatic heterocycles. The molecule has 0 aliphatic rings. The number of carbonyl (C=O) groups excluding carboxylic acids is 1. The molecule has 8 nitrogen and oxygen atoms in total. The van der Waals surface area contributed by atoms with E-state index in [-0.39, 0.29) is 12.2 Å². The second-order valence-electron chi connectivity index (χ2n) is 5.84. The van der Waals surface area contributed by atoms with Crippen LogP contribution in [0.4, 0.5) is 0 Å². The molecule has 2 aromatic carbocycles. The minimum atomic E-state index is -0.526. The van der Waals surface area contributed by atoms with E-state index in [1.807, 2.05) is 31.2 Å². The van der Waals surface area contributed by atoms with Gasteiger partial charge >= 0.3 is 11.7 Å². The summed E-state index contributed by atoms with van der Waals surface area (Å²) in [5.41, 5.74) is 1.98. The fraction of sp³-hybridized carbons (Fsp3) is 0.158. The van der Waals surface area contributed by atoms with Crippen LogP contribution >= 0.6 is 0 Å². The van der Waals surface area contributed by atoms with Crippen LogP contribution in [0.15, 0.2) is 64.1 Å². The molecular weight excluding hydrogens is 348 g/mol. The van der Waals surface area contributed by atoms with Crippen molar-refractivity contribution in [2.45, 2.75) is 20.0 Å². The molecule has 0 aliphatic heterocycles. The molecule has 4 aromatic rings. The number of hydrogen-bond acceptors (Lipinski definition) is 6. The highest BCUT2D eigenvalue weighted by atomic mass is 16.5. The highest BCUT2D eigenvalue weighted by Crippen LogP contribution is 2.20.